The van der Waals surface area contributed by atoms with E-state index in [1.54, 1.807) is 0 Å². The zero-order valence-electron chi connectivity index (χ0n) is 9.36. The van der Waals surface area contributed by atoms with Crippen LogP contribution in [0.25, 0.3) is 0 Å². The van der Waals surface area contributed by atoms with E-state index in [0.717, 1.165) is 0 Å². The molecule has 0 bridgehead atoms. The summed E-state index contributed by atoms with van der Waals surface area (Å²) in [6, 6.07) is 0. The highest BCUT2D eigenvalue weighted by molar-refractivity contribution is 5.71. The Bertz CT molecular complexity index is 211. The fourth-order valence-electron chi connectivity index (χ4n) is 2.03. The Morgan fingerprint density at radius 3 is 2.14 bits per heavy atom. The van der Waals surface area contributed by atoms with Crippen molar-refractivity contribution in [3.05, 3.63) is 0 Å². The molecule has 3 unspecified atom stereocenters. The topological polar surface area (TPSA) is 46.5 Å². The lowest BCUT2D eigenvalue weighted by Gasteiger charge is -2.20. The van der Waals surface area contributed by atoms with Crippen LogP contribution in [0.3, 0.4) is 0 Å². The van der Waals surface area contributed by atoms with Crippen molar-refractivity contribution in [1.29, 1.82) is 0 Å². The summed E-state index contributed by atoms with van der Waals surface area (Å²) in [7, 11) is 0. The zero-order chi connectivity index (χ0) is 10.9. The Morgan fingerprint density at radius 2 is 1.86 bits per heavy atom. The lowest BCUT2D eigenvalue weighted by Crippen LogP contribution is -2.28. The molecule has 14 heavy (non-hydrogen) atoms. The molecule has 0 radical (unpaired) electrons. The van der Waals surface area contributed by atoms with Gasteiger partial charge in [0.25, 0.3) is 0 Å². The van der Waals surface area contributed by atoms with Gasteiger partial charge in [-0.3, -0.25) is 4.79 Å². The molecule has 1 saturated heterocycles. The smallest absolute Gasteiger partial charge is 0.309 e. The molecular weight excluding hydrogens is 180 g/mol. The van der Waals surface area contributed by atoms with Crippen molar-refractivity contribution in [2.75, 3.05) is 0 Å². The number of rotatable bonds is 3. The second-order valence-corrected chi connectivity index (χ2v) is 4.81. The zero-order valence-corrected chi connectivity index (χ0v) is 9.36. The molecule has 0 saturated carbocycles. The molecule has 1 aliphatic heterocycles. The van der Waals surface area contributed by atoms with Crippen LogP contribution >= 0.6 is 0 Å². The summed E-state index contributed by atoms with van der Waals surface area (Å²) in [5, 5.41) is 9.05. The number of hydrogen-bond acceptors (Lipinski definition) is 2. The lowest BCUT2D eigenvalue weighted by atomic mass is 9.90. The summed E-state index contributed by atoms with van der Waals surface area (Å²) < 4.78 is 5.78. The molecule has 3 nitrogen and oxygen atoms in total. The van der Waals surface area contributed by atoms with Crippen molar-refractivity contribution in [1.82, 2.24) is 0 Å². The van der Waals surface area contributed by atoms with Gasteiger partial charge < -0.3 is 9.84 Å². The second kappa shape index (κ2) is 4.30. The molecule has 1 heterocycles. The van der Waals surface area contributed by atoms with Gasteiger partial charge in [0.1, 0.15) is 0 Å². The summed E-state index contributed by atoms with van der Waals surface area (Å²) in [5.74, 6) is -0.352. The Morgan fingerprint density at radius 1 is 1.29 bits per heavy atom. The van der Waals surface area contributed by atoms with Crippen LogP contribution in [0, 0.1) is 17.8 Å². The molecule has 3 heteroatoms. The first-order valence-corrected chi connectivity index (χ1v) is 5.31. The third kappa shape index (κ3) is 2.27. The molecule has 0 spiro atoms. The van der Waals surface area contributed by atoms with Crippen molar-refractivity contribution in [3.8, 4) is 0 Å². The number of hydrogen-bond donors (Lipinski definition) is 1. The predicted molar refractivity (Wildman–Crippen MR) is 54.1 cm³/mol. The van der Waals surface area contributed by atoms with Gasteiger partial charge in [-0.1, -0.05) is 27.7 Å². The number of ether oxygens (including phenoxy) is 1. The SMILES string of the molecule is CC(C)C1CC(C(=O)O)C(C(C)C)O1. The minimum atomic E-state index is -0.716. The van der Waals surface area contributed by atoms with Gasteiger partial charge in [0.05, 0.1) is 18.1 Å². The summed E-state index contributed by atoms with van der Waals surface area (Å²) in [4.78, 5) is 11.0. The van der Waals surface area contributed by atoms with Crippen LogP contribution in [0.5, 0.6) is 0 Å². The van der Waals surface area contributed by atoms with Crippen LogP contribution in [-0.4, -0.2) is 23.3 Å². The Kier molecular flexibility index (Phi) is 3.53. The molecule has 82 valence electrons. The van der Waals surface area contributed by atoms with Gasteiger partial charge in [-0.05, 0) is 18.3 Å². The molecule has 0 aromatic heterocycles. The average Bonchev–Trinajstić information content (AvgIpc) is 2.47. The van der Waals surface area contributed by atoms with E-state index in [1.807, 2.05) is 13.8 Å². The van der Waals surface area contributed by atoms with Crippen LogP contribution in [0.4, 0.5) is 0 Å². The van der Waals surface area contributed by atoms with E-state index in [-0.39, 0.29) is 24.0 Å². The molecule has 1 fully saturated rings. The Balaban J connectivity index is 2.70. The minimum Gasteiger partial charge on any atom is -0.481 e. The Labute approximate surface area is 85.5 Å². The van der Waals surface area contributed by atoms with Gasteiger partial charge in [0.2, 0.25) is 0 Å². The van der Waals surface area contributed by atoms with E-state index in [1.165, 1.54) is 0 Å². The van der Waals surface area contributed by atoms with E-state index >= 15 is 0 Å². The quantitative estimate of drug-likeness (QED) is 0.759. The van der Waals surface area contributed by atoms with Crippen LogP contribution in [0.2, 0.25) is 0 Å². The second-order valence-electron chi connectivity index (χ2n) is 4.81. The van der Waals surface area contributed by atoms with Crippen LogP contribution in [0.1, 0.15) is 34.1 Å². The van der Waals surface area contributed by atoms with E-state index in [2.05, 4.69) is 13.8 Å². The molecule has 0 aromatic rings. The van der Waals surface area contributed by atoms with Crippen molar-refractivity contribution in [2.45, 2.75) is 46.3 Å². The molecule has 3 atom stereocenters. The molecule has 0 aromatic carbocycles. The summed E-state index contributed by atoms with van der Waals surface area (Å²) in [6.45, 7) is 8.19. The first-order chi connectivity index (χ1) is 6.43. The van der Waals surface area contributed by atoms with Crippen molar-refractivity contribution in [3.63, 3.8) is 0 Å². The van der Waals surface area contributed by atoms with Gasteiger partial charge in [-0.15, -0.1) is 0 Å². The number of carboxylic acids is 1. The summed E-state index contributed by atoms with van der Waals surface area (Å²) in [5.41, 5.74) is 0. The first-order valence-electron chi connectivity index (χ1n) is 5.31. The van der Waals surface area contributed by atoms with Crippen molar-refractivity contribution in [2.24, 2.45) is 17.8 Å². The number of carbonyl (C=O) groups is 1. The molecular formula is C11H20O3. The van der Waals surface area contributed by atoms with Gasteiger partial charge in [-0.2, -0.15) is 0 Å². The first kappa shape index (κ1) is 11.5. The van der Waals surface area contributed by atoms with Crippen LogP contribution in [-0.2, 0) is 9.53 Å². The van der Waals surface area contributed by atoms with Crippen LogP contribution < -0.4 is 0 Å². The van der Waals surface area contributed by atoms with E-state index in [4.69, 9.17) is 9.84 Å². The van der Waals surface area contributed by atoms with Gasteiger partial charge >= 0.3 is 5.97 Å². The van der Waals surface area contributed by atoms with Crippen molar-refractivity contribution >= 4 is 5.97 Å². The summed E-state index contributed by atoms with van der Waals surface area (Å²) in [6.07, 6.45) is 0.666. The fourth-order valence-corrected chi connectivity index (χ4v) is 2.03. The third-order valence-corrected chi connectivity index (χ3v) is 2.93. The lowest BCUT2D eigenvalue weighted by molar-refractivity contribution is -0.144. The third-order valence-electron chi connectivity index (χ3n) is 2.93. The Hall–Kier alpha value is -0.570. The van der Waals surface area contributed by atoms with Gasteiger partial charge in [-0.25, -0.2) is 0 Å². The van der Waals surface area contributed by atoms with Gasteiger partial charge in [0, 0.05) is 0 Å². The van der Waals surface area contributed by atoms with E-state index in [9.17, 15) is 4.79 Å². The predicted octanol–water partition coefficient (Wildman–Crippen LogP) is 2.16. The van der Waals surface area contributed by atoms with Gasteiger partial charge in [0.15, 0.2) is 0 Å². The maximum atomic E-state index is 11.0. The average molecular weight is 200 g/mol. The molecule has 0 aliphatic carbocycles. The van der Waals surface area contributed by atoms with Crippen molar-refractivity contribution < 1.29 is 14.6 Å². The van der Waals surface area contributed by atoms with Crippen LogP contribution in [0.15, 0.2) is 0 Å². The van der Waals surface area contributed by atoms with E-state index < -0.39 is 5.97 Å². The maximum absolute atomic E-state index is 11.0. The standard InChI is InChI=1S/C11H20O3/c1-6(2)9-5-8(11(12)13)10(14-9)7(3)4/h6-10H,5H2,1-4H3,(H,12,13). The molecule has 1 aliphatic rings. The largest absolute Gasteiger partial charge is 0.481 e. The highest BCUT2D eigenvalue weighted by Crippen LogP contribution is 2.34. The molecule has 0 amide bonds. The maximum Gasteiger partial charge on any atom is 0.309 e. The normalized spacial score (nSPS) is 32.9. The summed E-state index contributed by atoms with van der Waals surface area (Å²) >= 11 is 0. The van der Waals surface area contributed by atoms with E-state index in [0.29, 0.717) is 12.3 Å². The highest BCUT2D eigenvalue weighted by atomic mass is 16.5. The highest BCUT2D eigenvalue weighted by Gasteiger charge is 2.42. The fraction of sp³-hybridized carbons (Fsp3) is 0.909. The monoisotopic (exact) mass is 200 g/mol. The minimum absolute atomic E-state index is 0.111. The molecule has 1 rings (SSSR count). The molecule has 1 N–H and O–H groups in total. The number of aliphatic carboxylic acids is 1. The number of carboxylic acid groups (broad SMARTS) is 1.